The number of primary amides is 1. The predicted molar refractivity (Wildman–Crippen MR) is 278 cm³/mol. The zero-order valence-electron chi connectivity index (χ0n) is 44.5. The number of ether oxygens (including phenoxy) is 2. The molecule has 1 aromatic carbocycles. The minimum absolute atomic E-state index is 0.139. The summed E-state index contributed by atoms with van der Waals surface area (Å²) in [5.74, 6) is -11.5. The Morgan fingerprint density at radius 1 is 0.859 bits per heavy atom. The van der Waals surface area contributed by atoms with Crippen LogP contribution in [0.4, 0.5) is 4.79 Å². The quantitative estimate of drug-likeness (QED) is 0.0699. The molecule has 10 atom stereocenters. The topological polar surface area (TPSA) is 408 Å². The Balaban J connectivity index is 1.55. The molecule has 10 amide bonds. The maximum atomic E-state index is 14.9. The molecular formula is C50H73N11O16S. The lowest BCUT2D eigenvalue weighted by atomic mass is 9.93. The molecule has 5 rings (SSSR count). The van der Waals surface area contributed by atoms with E-state index in [0.717, 1.165) is 16.7 Å². The third-order valence-corrected chi connectivity index (χ3v) is 14.5. The Bertz CT molecular complexity index is 2570. The summed E-state index contributed by atoms with van der Waals surface area (Å²) in [6, 6.07) is -5.41. The molecule has 0 spiro atoms. The Labute approximate surface area is 454 Å². The van der Waals surface area contributed by atoms with Crippen LogP contribution in [-0.2, 0) is 63.8 Å². The summed E-state index contributed by atoms with van der Waals surface area (Å²) in [4.78, 5) is 155. The predicted octanol–water partition coefficient (Wildman–Crippen LogP) is -2.30. The largest absolute Gasteiger partial charge is 0.508 e. The van der Waals surface area contributed by atoms with E-state index in [0.29, 0.717) is 42.1 Å². The van der Waals surface area contributed by atoms with E-state index in [-0.39, 0.29) is 35.5 Å². The van der Waals surface area contributed by atoms with Crippen LogP contribution in [0.2, 0.25) is 0 Å². The van der Waals surface area contributed by atoms with Gasteiger partial charge in [0.25, 0.3) is 0 Å². The molecule has 4 heterocycles. The van der Waals surface area contributed by atoms with E-state index < -0.39 is 171 Å². The number of aromatic nitrogens is 1. The van der Waals surface area contributed by atoms with E-state index in [4.69, 9.17) is 15.2 Å². The van der Waals surface area contributed by atoms with E-state index in [9.17, 15) is 68.1 Å². The number of aromatic amines is 1. The Kier molecular flexibility index (Phi) is 22.1. The smallest absolute Gasteiger partial charge is 0.407 e. The molecule has 27 nitrogen and oxygen atoms in total. The number of aliphatic hydroxyl groups is 2. The molecule has 2 unspecified atom stereocenters. The zero-order chi connectivity index (χ0) is 57.6. The van der Waals surface area contributed by atoms with Gasteiger partial charge < -0.3 is 82.9 Å². The molecule has 2 bridgehead atoms. The van der Waals surface area contributed by atoms with E-state index in [1.807, 2.05) is 0 Å². The molecule has 1 fully saturated rings. The fourth-order valence-electron chi connectivity index (χ4n) is 8.91. The summed E-state index contributed by atoms with van der Waals surface area (Å²) >= 11 is 0.929. The molecule has 14 N–H and O–H groups in total. The molecule has 3 aliphatic heterocycles. The van der Waals surface area contributed by atoms with E-state index in [1.165, 1.54) is 25.1 Å². The fourth-order valence-corrected chi connectivity index (χ4v) is 10.0. The van der Waals surface area contributed by atoms with Crippen LogP contribution in [0.25, 0.3) is 10.9 Å². The van der Waals surface area contributed by atoms with Gasteiger partial charge in [-0.25, -0.2) is 4.79 Å². The van der Waals surface area contributed by atoms with Crippen molar-refractivity contribution in [1.29, 1.82) is 0 Å². The molecule has 430 valence electrons. The zero-order valence-corrected chi connectivity index (χ0v) is 45.3. The van der Waals surface area contributed by atoms with Crippen LogP contribution in [0.15, 0.2) is 23.2 Å². The van der Waals surface area contributed by atoms with E-state index in [1.54, 1.807) is 34.6 Å². The van der Waals surface area contributed by atoms with E-state index >= 15 is 0 Å². The number of hydrogen-bond acceptors (Lipinski definition) is 17. The van der Waals surface area contributed by atoms with Crippen molar-refractivity contribution in [3.63, 3.8) is 0 Å². The summed E-state index contributed by atoms with van der Waals surface area (Å²) < 4.78 is 10.6. The van der Waals surface area contributed by atoms with Gasteiger partial charge in [0, 0.05) is 55.5 Å². The minimum Gasteiger partial charge on any atom is -0.508 e. The number of phenolic OH excluding ortho intramolecular Hbond substituents is 1. The summed E-state index contributed by atoms with van der Waals surface area (Å²) in [6.45, 7) is 7.50. The highest BCUT2D eigenvalue weighted by molar-refractivity contribution is 7.99. The SMILES string of the molecule is CC[C@H](C)[C@@H]1NC(=O)CNC(=O)C2Cc3c([nH]c4cc(O)ccc34)SCC(NC(=O)CNC1=O)C(=O)N[C@@H](CC(N)=O)C(=O)N1C[C@H](O)C[C@H]1C(=O)N[C@@H]([C@@H](C)[C@@H](O)COC(=O)NCCCCCC(=O)OC(C)(C)C)C(=O)N2. The van der Waals surface area contributed by atoms with Gasteiger partial charge in [-0.3, -0.25) is 47.9 Å². The number of H-pyrrole nitrogens is 1. The number of fused-ring (bicyclic) bond motifs is 5. The highest BCUT2D eigenvalue weighted by atomic mass is 32.2. The van der Waals surface area contributed by atoms with Gasteiger partial charge in [0.2, 0.25) is 53.2 Å². The van der Waals surface area contributed by atoms with Gasteiger partial charge in [0.1, 0.15) is 54.2 Å². The third-order valence-electron chi connectivity index (χ3n) is 13.3. The molecule has 78 heavy (non-hydrogen) atoms. The Hall–Kier alpha value is -7.20. The van der Waals surface area contributed by atoms with Crippen LogP contribution in [0.3, 0.4) is 0 Å². The van der Waals surface area contributed by atoms with Crippen LogP contribution in [-0.4, -0.2) is 183 Å². The molecule has 3 aliphatic rings. The molecule has 1 aromatic heterocycles. The highest BCUT2D eigenvalue weighted by Crippen LogP contribution is 2.34. The number of carbonyl (C=O) groups is 11. The van der Waals surface area contributed by atoms with Gasteiger partial charge in [-0.2, -0.15) is 0 Å². The highest BCUT2D eigenvalue weighted by Gasteiger charge is 2.45. The summed E-state index contributed by atoms with van der Waals surface area (Å²) in [6.07, 6.45) is -3.57. The number of aliphatic hydroxyl groups excluding tert-OH is 2. The lowest BCUT2D eigenvalue weighted by molar-refractivity contribution is -0.155. The Morgan fingerprint density at radius 2 is 1.55 bits per heavy atom. The average molecular weight is 1120 g/mol. The number of aromatic hydroxyl groups is 1. The number of rotatable bonds is 14. The van der Waals surface area contributed by atoms with Crippen molar-refractivity contribution in [2.75, 3.05) is 38.5 Å². The molecule has 28 heteroatoms. The standard InChI is InChI=1S/C50H73N11O16S/c1-7-24(2)40-45(72)54-19-37(66)55-33-23-78-47-29(28-13-12-26(62)15-30(28)58-47)17-31(42(69)53-20-38(67)59-40)56-46(73)41(25(3)35(64)22-76-49(75)52-14-10-8-9-11-39(68)77-50(4,5)6)60-44(71)34-16-27(63)21-61(34)48(74)32(18-36(51)65)57-43(33)70/h12-13,15,24-25,27,31-35,40-41,58,62-64H,7-11,14,16-23H2,1-6H3,(H2,51,65)(H,52,75)(H,53,69)(H,54,72)(H,55,66)(H,56,73)(H,57,70)(H,59,67)(H,60,71)/t24-,25-,27+,31?,32-,33?,34-,35-,40-,41-/m0/s1. The number of hydrogen-bond donors (Lipinski definition) is 13. The van der Waals surface area contributed by atoms with Crippen molar-refractivity contribution in [3.8, 4) is 5.75 Å². The first-order valence-electron chi connectivity index (χ1n) is 25.8. The summed E-state index contributed by atoms with van der Waals surface area (Å²) in [5.41, 5.74) is 5.57. The number of esters is 1. The number of benzene rings is 1. The third kappa shape index (κ3) is 17.7. The first kappa shape index (κ1) is 61.7. The average Bonchev–Trinajstić information content (AvgIpc) is 3.95. The molecule has 1 saturated heterocycles. The number of thioether (sulfide) groups is 1. The van der Waals surface area contributed by atoms with Gasteiger partial charge in [0.05, 0.1) is 42.3 Å². The maximum Gasteiger partial charge on any atom is 0.407 e. The maximum absolute atomic E-state index is 14.9. The number of phenols is 1. The number of amides is 10. The summed E-state index contributed by atoms with van der Waals surface area (Å²) in [7, 11) is 0. The van der Waals surface area contributed by atoms with Gasteiger partial charge in [-0.15, -0.1) is 11.8 Å². The van der Waals surface area contributed by atoms with Gasteiger partial charge in [-0.1, -0.05) is 33.6 Å². The first-order chi connectivity index (χ1) is 36.7. The number of nitrogens with zero attached hydrogens (tertiary/aromatic N) is 1. The molecular weight excluding hydrogens is 1040 g/mol. The number of nitrogens with two attached hydrogens (primary N) is 1. The van der Waals surface area contributed by atoms with Gasteiger partial charge >= 0.3 is 12.1 Å². The van der Waals surface area contributed by atoms with Crippen molar-refractivity contribution in [1.82, 2.24) is 52.4 Å². The van der Waals surface area contributed by atoms with E-state index in [2.05, 4.69) is 47.5 Å². The summed E-state index contributed by atoms with van der Waals surface area (Å²) in [5, 5.41) is 53.8. The molecule has 0 radical (unpaired) electrons. The molecule has 2 aromatic rings. The second-order valence-electron chi connectivity index (χ2n) is 20.7. The fraction of sp³-hybridized carbons (Fsp3) is 0.620. The first-order valence-corrected chi connectivity index (χ1v) is 26.8. The van der Waals surface area contributed by atoms with Gasteiger partial charge in [-0.05, 0) is 57.2 Å². The van der Waals surface area contributed by atoms with Crippen LogP contribution in [0, 0.1) is 11.8 Å². The number of carbonyl (C=O) groups excluding carboxylic acids is 11. The molecule has 0 saturated carbocycles. The van der Waals surface area contributed by atoms with Crippen molar-refractivity contribution < 1.29 is 77.5 Å². The molecule has 0 aliphatic carbocycles. The van der Waals surface area contributed by atoms with Crippen LogP contribution < -0.4 is 48.3 Å². The van der Waals surface area contributed by atoms with Crippen molar-refractivity contribution in [2.45, 2.75) is 152 Å². The van der Waals surface area contributed by atoms with Crippen LogP contribution >= 0.6 is 11.8 Å². The minimum atomic E-state index is -1.82. The number of alkyl carbamates (subject to hydrolysis) is 1. The van der Waals surface area contributed by atoms with Crippen molar-refractivity contribution >= 4 is 87.9 Å². The van der Waals surface area contributed by atoms with Gasteiger partial charge in [0.15, 0.2) is 0 Å². The number of unbranched alkanes of at least 4 members (excludes halogenated alkanes) is 2. The lowest BCUT2D eigenvalue weighted by Gasteiger charge is -2.33. The number of nitrogens with one attached hydrogen (secondary N) is 9. The lowest BCUT2D eigenvalue weighted by Crippen LogP contribution is -2.62. The second kappa shape index (κ2) is 27.9. The van der Waals surface area contributed by atoms with Crippen molar-refractivity contribution in [2.24, 2.45) is 17.6 Å². The normalized spacial score (nSPS) is 24.6. The van der Waals surface area contributed by atoms with Crippen molar-refractivity contribution in [3.05, 3.63) is 23.8 Å². The van der Waals surface area contributed by atoms with Crippen LogP contribution in [0.5, 0.6) is 5.75 Å². The second-order valence-corrected chi connectivity index (χ2v) is 21.7. The van der Waals surface area contributed by atoms with Crippen LogP contribution in [0.1, 0.15) is 92.1 Å². The monoisotopic (exact) mass is 1120 g/mol. The Morgan fingerprint density at radius 3 is 2.23 bits per heavy atom.